The van der Waals surface area contributed by atoms with Crippen LogP contribution in [0.5, 0.6) is 0 Å². The second-order valence-corrected chi connectivity index (χ2v) is 8.61. The van der Waals surface area contributed by atoms with Crippen molar-refractivity contribution in [2.24, 2.45) is 0 Å². The Balaban J connectivity index is 3.91. The number of hydrogen-bond donors (Lipinski definition) is 2. The van der Waals surface area contributed by atoms with Crippen LogP contribution < -0.4 is 0 Å². The number of unbranched alkanes of at least 4 members (excludes halogenated alkanes) is 10. The summed E-state index contributed by atoms with van der Waals surface area (Å²) in [5.74, 6) is -1.48. The third kappa shape index (κ3) is 13.3. The second kappa shape index (κ2) is 13.3. The van der Waals surface area contributed by atoms with Crippen LogP contribution in [0.1, 0.15) is 91.7 Å². The smallest absolute Gasteiger partial charge is 0.306 e. The van der Waals surface area contributed by atoms with E-state index in [1.165, 1.54) is 44.9 Å². The van der Waals surface area contributed by atoms with Gasteiger partial charge in [0.25, 0.3) is 0 Å². The van der Waals surface area contributed by atoms with Crippen molar-refractivity contribution >= 4 is 11.8 Å². The van der Waals surface area contributed by atoms with Gasteiger partial charge in [0.05, 0.1) is 27.6 Å². The van der Waals surface area contributed by atoms with Gasteiger partial charge in [0.2, 0.25) is 0 Å². The number of carboxylic acid groups (broad SMARTS) is 1. The fourth-order valence-corrected chi connectivity index (χ4v) is 3.39. The van der Waals surface area contributed by atoms with Gasteiger partial charge in [0.1, 0.15) is 6.54 Å². The van der Waals surface area contributed by atoms with Crippen LogP contribution in [0.4, 0.5) is 0 Å². The Hall–Kier alpha value is -0.940. The van der Waals surface area contributed by atoms with Crippen molar-refractivity contribution < 1.29 is 25.7 Å². The van der Waals surface area contributed by atoms with Gasteiger partial charge in [-0.2, -0.15) is 0 Å². The monoisotopic (exact) mass is 373 g/mol. The van der Waals surface area contributed by atoms with Crippen LogP contribution in [0.3, 0.4) is 0 Å². The second-order valence-electron chi connectivity index (χ2n) is 8.61. The molecule has 0 aliphatic carbocycles. The lowest BCUT2D eigenvalue weighted by Crippen LogP contribution is -2.54. The summed E-state index contributed by atoms with van der Waals surface area (Å²) in [4.78, 5) is 23.5. The van der Waals surface area contributed by atoms with Gasteiger partial charge in [0, 0.05) is 7.79 Å². The van der Waals surface area contributed by atoms with Gasteiger partial charge < -0.3 is 14.7 Å². The topological polar surface area (TPSA) is 74.6 Å². The Morgan fingerprint density at radius 1 is 0.885 bits per heavy atom. The first-order valence-electron chi connectivity index (χ1n) is 10.9. The highest BCUT2D eigenvalue weighted by Gasteiger charge is 2.42. The summed E-state index contributed by atoms with van der Waals surface area (Å²) in [7, 11) is 5.53. The third-order valence-corrected chi connectivity index (χ3v) is 4.60. The van der Waals surface area contributed by atoms with Crippen molar-refractivity contribution in [2.75, 3.05) is 27.7 Å². The van der Waals surface area contributed by atoms with Crippen LogP contribution in [0.2, 0.25) is 0 Å². The van der Waals surface area contributed by atoms with Gasteiger partial charge in [-0.3, -0.25) is 9.59 Å². The summed E-state index contributed by atoms with van der Waals surface area (Å²) in [6.07, 6.45) is 12.1. The molecule has 0 fully saturated rings. The average Bonchev–Trinajstić information content (AvgIpc) is 2.53. The highest BCUT2D eigenvalue weighted by molar-refractivity contribution is 5.90. The van der Waals surface area contributed by atoms with Crippen LogP contribution in [-0.2, 0) is 9.59 Å². The molecule has 154 valence electrons. The molecule has 0 radical (unpaired) electrons. The minimum absolute atomic E-state index is 0.111. The zero-order chi connectivity index (χ0) is 20.8. The first-order valence-corrected chi connectivity index (χ1v) is 10.2. The molecule has 0 saturated carbocycles. The molecule has 2 N–H and O–H groups in total. The minimum atomic E-state index is -1.77. The summed E-state index contributed by atoms with van der Waals surface area (Å²) in [5, 5.41) is 19.6. The molecule has 1 unspecified atom stereocenters. The Bertz CT molecular complexity index is 423. The zero-order valence-corrected chi connectivity index (χ0v) is 17.3. The van der Waals surface area contributed by atoms with Crippen LogP contribution in [0.25, 0.3) is 0 Å². The lowest BCUT2D eigenvalue weighted by molar-refractivity contribution is -0.875. The van der Waals surface area contributed by atoms with Crippen LogP contribution in [-0.4, -0.2) is 59.7 Å². The molecule has 0 aromatic heterocycles. The van der Waals surface area contributed by atoms with Crippen molar-refractivity contribution in [3.63, 3.8) is 0 Å². The maximum atomic E-state index is 12.4. The van der Waals surface area contributed by atoms with Gasteiger partial charge in [-0.05, 0) is 6.42 Å². The Morgan fingerprint density at radius 3 is 1.77 bits per heavy atom. The quantitative estimate of drug-likeness (QED) is 0.296. The van der Waals surface area contributed by atoms with E-state index in [1.54, 1.807) is 0 Å². The van der Waals surface area contributed by atoms with E-state index in [1.807, 2.05) is 21.1 Å². The molecule has 0 rings (SSSR count). The van der Waals surface area contributed by atoms with Crippen LogP contribution >= 0.6 is 0 Å². The Labute approximate surface area is 161 Å². The molecule has 0 aromatic carbocycles. The summed E-state index contributed by atoms with van der Waals surface area (Å²) in [6.45, 7) is 0.658. The van der Waals surface area contributed by atoms with Crippen LogP contribution in [0.15, 0.2) is 0 Å². The number of nitrogens with zero attached hydrogens (tertiary/aromatic N) is 1. The van der Waals surface area contributed by atoms with Gasteiger partial charge in [-0.15, -0.1) is 0 Å². The van der Waals surface area contributed by atoms with Gasteiger partial charge in [-0.1, -0.05) is 71.1 Å². The molecule has 0 aliphatic rings. The van der Waals surface area contributed by atoms with Crippen molar-refractivity contribution in [1.82, 2.24) is 0 Å². The largest absolute Gasteiger partial charge is 0.481 e. The lowest BCUT2D eigenvalue weighted by atomic mass is 9.89. The van der Waals surface area contributed by atoms with E-state index in [0.717, 1.165) is 19.3 Å². The summed E-state index contributed by atoms with van der Waals surface area (Å²) in [6, 6.07) is 0. The molecule has 5 heteroatoms. The molecule has 0 amide bonds. The van der Waals surface area contributed by atoms with E-state index < -0.39 is 18.0 Å². The van der Waals surface area contributed by atoms with Crippen molar-refractivity contribution in [3.8, 4) is 0 Å². The maximum Gasteiger partial charge on any atom is 0.306 e. The molecule has 0 heterocycles. The van der Waals surface area contributed by atoms with Gasteiger partial charge >= 0.3 is 5.97 Å². The molecule has 0 aliphatic heterocycles. The number of aliphatic hydroxyl groups is 1. The Kier molecular flexibility index (Phi) is 11.8. The maximum absolute atomic E-state index is 12.4. The number of carbonyl (C=O) groups excluding carboxylic acids is 1. The number of ketones is 1. The number of rotatable bonds is 17. The molecule has 1 atom stereocenters. The van der Waals surface area contributed by atoms with Gasteiger partial charge in [-0.25, -0.2) is 0 Å². The molecule has 5 nitrogen and oxygen atoms in total. The number of aliphatic carboxylic acids is 1. The number of carboxylic acids is 1. The van der Waals surface area contributed by atoms with E-state index in [-0.39, 0.29) is 18.7 Å². The Morgan fingerprint density at radius 2 is 1.35 bits per heavy atom. The van der Waals surface area contributed by atoms with E-state index in [2.05, 4.69) is 0 Å². The lowest BCUT2D eigenvalue weighted by Gasteiger charge is -2.33. The summed E-state index contributed by atoms with van der Waals surface area (Å²) >= 11 is 0. The molecular weight excluding hydrogens is 330 g/mol. The molecule has 0 saturated heterocycles. The minimum Gasteiger partial charge on any atom is -0.481 e. The molecule has 26 heavy (non-hydrogen) atoms. The van der Waals surface area contributed by atoms with E-state index >= 15 is 0 Å². The normalized spacial score (nSPS) is 14.7. The first-order chi connectivity index (χ1) is 12.6. The number of quaternary nitrogens is 1. The summed E-state index contributed by atoms with van der Waals surface area (Å²) < 4.78 is 7.44. The average molecular weight is 374 g/mol. The number of hydrogen-bond acceptors (Lipinski definition) is 3. The van der Waals surface area contributed by atoms with E-state index in [0.29, 0.717) is 17.8 Å². The molecule has 0 bridgehead atoms. The molecule has 0 aromatic rings. The fraction of sp³-hybridized carbons (Fsp3) is 0.905. The predicted molar refractivity (Wildman–Crippen MR) is 106 cm³/mol. The standard InChI is InChI=1S/C21H41NO4/c1-5-6-7-8-9-10-11-12-13-14-15-16-19(23)21(26,17-20(24)25)18-22(2,3)4/h26H,5-18H2,1-4H3/p+1/i1D. The zero-order valence-electron chi connectivity index (χ0n) is 18.3. The highest BCUT2D eigenvalue weighted by atomic mass is 16.4. The fourth-order valence-electron chi connectivity index (χ4n) is 3.39. The van der Waals surface area contributed by atoms with E-state index in [4.69, 9.17) is 6.48 Å². The summed E-state index contributed by atoms with van der Waals surface area (Å²) in [5.41, 5.74) is -1.77. The predicted octanol–water partition coefficient (Wildman–Crippen LogP) is 4.17. The van der Waals surface area contributed by atoms with E-state index in [9.17, 15) is 14.7 Å². The first kappa shape index (κ1) is 23.1. The highest BCUT2D eigenvalue weighted by Crippen LogP contribution is 2.20. The molecule has 0 spiro atoms. The number of likely N-dealkylation sites (N-methyl/N-ethyl adjacent to an activating group) is 1. The van der Waals surface area contributed by atoms with Crippen LogP contribution in [0, 0.1) is 0 Å². The third-order valence-electron chi connectivity index (χ3n) is 4.60. The van der Waals surface area contributed by atoms with Gasteiger partial charge in [0.15, 0.2) is 11.4 Å². The van der Waals surface area contributed by atoms with Crippen molar-refractivity contribution in [2.45, 2.75) is 96.0 Å². The molecular formula is C21H42NO4+. The number of carbonyl (C=O) groups is 2. The van der Waals surface area contributed by atoms with Crippen molar-refractivity contribution in [3.05, 3.63) is 0 Å². The van der Waals surface area contributed by atoms with Crippen molar-refractivity contribution in [1.29, 1.82) is 0 Å². The SMILES string of the molecule is [2H]CCCCCCCCCCCCCC(=O)C(O)(CC(=O)O)C[N+](C)(C)C. The number of Topliss-reactive ketones (excluding diaryl/α,β-unsaturated/α-hetero) is 1.